The van der Waals surface area contributed by atoms with Crippen molar-refractivity contribution in [3.63, 3.8) is 0 Å². The summed E-state index contributed by atoms with van der Waals surface area (Å²) in [5.41, 5.74) is 8.63. The van der Waals surface area contributed by atoms with E-state index in [0.29, 0.717) is 24.7 Å². The van der Waals surface area contributed by atoms with Crippen LogP contribution < -0.4 is 15.2 Å². The van der Waals surface area contributed by atoms with Crippen LogP contribution in [-0.4, -0.2) is 16.9 Å². The Balaban J connectivity index is 2.21. The third kappa shape index (κ3) is 2.88. The van der Waals surface area contributed by atoms with E-state index in [0.717, 1.165) is 17.0 Å². The summed E-state index contributed by atoms with van der Waals surface area (Å²) in [4.78, 5) is 0. The normalized spacial score (nSPS) is 10.5. The number of aryl methyl sites for hydroxylation is 2. The Morgan fingerprint density at radius 1 is 1.37 bits per heavy atom. The first-order chi connectivity index (χ1) is 9.15. The molecule has 1 aromatic heterocycles. The predicted octanol–water partition coefficient (Wildman–Crippen LogP) is 1.77. The van der Waals surface area contributed by atoms with Crippen LogP contribution in [0.3, 0.4) is 0 Å². The van der Waals surface area contributed by atoms with Crippen LogP contribution in [0, 0.1) is 6.92 Å². The molecule has 0 fully saturated rings. The second-order valence-electron chi connectivity index (χ2n) is 4.34. The lowest BCUT2D eigenvalue weighted by Crippen LogP contribution is -2.07. The SMILES string of the molecule is COc1cccc(CN)c1OCc1cc(C)nn1C. The Labute approximate surface area is 112 Å². The Bertz CT molecular complexity index is 542. The summed E-state index contributed by atoms with van der Waals surface area (Å²) in [6.45, 7) is 2.81. The van der Waals surface area contributed by atoms with Crippen molar-refractivity contribution in [1.29, 1.82) is 0 Å². The van der Waals surface area contributed by atoms with E-state index in [1.165, 1.54) is 0 Å². The molecular formula is C14H19N3O2. The first-order valence-corrected chi connectivity index (χ1v) is 6.14. The number of nitrogens with zero attached hydrogens (tertiary/aromatic N) is 2. The summed E-state index contributed by atoms with van der Waals surface area (Å²) < 4.78 is 13.0. The van der Waals surface area contributed by atoms with E-state index in [-0.39, 0.29) is 0 Å². The molecule has 19 heavy (non-hydrogen) atoms. The molecule has 0 aliphatic carbocycles. The van der Waals surface area contributed by atoms with Gasteiger partial charge in [0.25, 0.3) is 0 Å². The van der Waals surface area contributed by atoms with Gasteiger partial charge in [0, 0.05) is 19.2 Å². The third-order valence-electron chi connectivity index (χ3n) is 2.96. The minimum absolute atomic E-state index is 0.414. The average molecular weight is 261 g/mol. The van der Waals surface area contributed by atoms with Crippen molar-refractivity contribution in [2.24, 2.45) is 12.8 Å². The fourth-order valence-electron chi connectivity index (χ4n) is 1.99. The van der Waals surface area contributed by atoms with E-state index in [4.69, 9.17) is 15.2 Å². The van der Waals surface area contributed by atoms with E-state index in [2.05, 4.69) is 5.10 Å². The van der Waals surface area contributed by atoms with Gasteiger partial charge in [0.05, 0.1) is 18.5 Å². The highest BCUT2D eigenvalue weighted by molar-refractivity contribution is 5.46. The lowest BCUT2D eigenvalue weighted by molar-refractivity contribution is 0.273. The van der Waals surface area contributed by atoms with E-state index in [1.54, 1.807) is 7.11 Å². The molecule has 2 aromatic rings. The number of rotatable bonds is 5. The van der Waals surface area contributed by atoms with Crippen LogP contribution in [-0.2, 0) is 20.2 Å². The van der Waals surface area contributed by atoms with Gasteiger partial charge in [0.15, 0.2) is 11.5 Å². The highest BCUT2D eigenvalue weighted by Crippen LogP contribution is 2.31. The smallest absolute Gasteiger partial charge is 0.166 e. The van der Waals surface area contributed by atoms with Crippen LogP contribution in [0.5, 0.6) is 11.5 Å². The first-order valence-electron chi connectivity index (χ1n) is 6.14. The molecule has 0 aliphatic heterocycles. The zero-order valence-electron chi connectivity index (χ0n) is 11.5. The molecule has 0 saturated carbocycles. The third-order valence-corrected chi connectivity index (χ3v) is 2.96. The second-order valence-corrected chi connectivity index (χ2v) is 4.34. The van der Waals surface area contributed by atoms with Crippen molar-refractivity contribution in [1.82, 2.24) is 9.78 Å². The van der Waals surface area contributed by atoms with E-state index >= 15 is 0 Å². The minimum Gasteiger partial charge on any atom is -0.493 e. The van der Waals surface area contributed by atoms with Gasteiger partial charge in [0.2, 0.25) is 0 Å². The number of hydrogen-bond donors (Lipinski definition) is 1. The molecule has 0 amide bonds. The van der Waals surface area contributed by atoms with Crippen molar-refractivity contribution in [3.05, 3.63) is 41.2 Å². The second kappa shape index (κ2) is 5.75. The largest absolute Gasteiger partial charge is 0.493 e. The van der Waals surface area contributed by atoms with Gasteiger partial charge >= 0.3 is 0 Å². The van der Waals surface area contributed by atoms with E-state index in [1.807, 2.05) is 42.9 Å². The number of ether oxygens (including phenoxy) is 2. The maximum Gasteiger partial charge on any atom is 0.166 e. The number of aromatic nitrogens is 2. The molecule has 2 N–H and O–H groups in total. The zero-order chi connectivity index (χ0) is 13.8. The molecule has 0 unspecified atom stereocenters. The molecule has 2 rings (SSSR count). The highest BCUT2D eigenvalue weighted by atomic mass is 16.5. The van der Waals surface area contributed by atoms with Gasteiger partial charge < -0.3 is 15.2 Å². The summed E-state index contributed by atoms with van der Waals surface area (Å²) in [6, 6.07) is 7.70. The molecule has 0 bridgehead atoms. The van der Waals surface area contributed by atoms with Crippen LogP contribution in [0.25, 0.3) is 0 Å². The number of methoxy groups -OCH3 is 1. The molecule has 102 valence electrons. The fourth-order valence-corrected chi connectivity index (χ4v) is 1.99. The fraction of sp³-hybridized carbons (Fsp3) is 0.357. The molecule has 1 aromatic carbocycles. The maximum atomic E-state index is 5.86. The number of nitrogens with two attached hydrogens (primary N) is 1. The molecule has 1 heterocycles. The molecule has 5 heteroatoms. The van der Waals surface area contributed by atoms with Crippen molar-refractivity contribution < 1.29 is 9.47 Å². The van der Waals surface area contributed by atoms with Crippen molar-refractivity contribution >= 4 is 0 Å². The Morgan fingerprint density at radius 3 is 2.74 bits per heavy atom. The van der Waals surface area contributed by atoms with Crippen LogP contribution in [0.2, 0.25) is 0 Å². The molecule has 0 aliphatic rings. The highest BCUT2D eigenvalue weighted by Gasteiger charge is 2.11. The molecule has 0 spiro atoms. The van der Waals surface area contributed by atoms with Gasteiger partial charge in [-0.15, -0.1) is 0 Å². The summed E-state index contributed by atoms with van der Waals surface area (Å²) in [6.07, 6.45) is 0. The van der Waals surface area contributed by atoms with Gasteiger partial charge in [-0.05, 0) is 19.1 Å². The standard InChI is InChI=1S/C14H19N3O2/c1-10-7-12(17(2)16-10)9-19-14-11(8-15)5-4-6-13(14)18-3/h4-7H,8-9,15H2,1-3H3. The lowest BCUT2D eigenvalue weighted by Gasteiger charge is -2.14. The predicted molar refractivity (Wildman–Crippen MR) is 73.2 cm³/mol. The number of hydrogen-bond acceptors (Lipinski definition) is 4. The topological polar surface area (TPSA) is 62.3 Å². The Kier molecular flexibility index (Phi) is 4.06. The lowest BCUT2D eigenvalue weighted by atomic mass is 10.2. The Morgan fingerprint density at radius 2 is 2.16 bits per heavy atom. The summed E-state index contributed by atoms with van der Waals surface area (Å²) in [5.74, 6) is 1.40. The van der Waals surface area contributed by atoms with E-state index < -0.39 is 0 Å². The van der Waals surface area contributed by atoms with Gasteiger partial charge in [-0.1, -0.05) is 12.1 Å². The van der Waals surface area contributed by atoms with Gasteiger partial charge in [0.1, 0.15) is 6.61 Å². The molecule has 0 radical (unpaired) electrons. The maximum absolute atomic E-state index is 5.86. The van der Waals surface area contributed by atoms with Crippen molar-refractivity contribution in [2.45, 2.75) is 20.1 Å². The molecule has 0 atom stereocenters. The summed E-state index contributed by atoms with van der Waals surface area (Å²) in [5, 5.41) is 4.29. The number of para-hydroxylation sites is 1. The monoisotopic (exact) mass is 261 g/mol. The van der Waals surface area contributed by atoms with E-state index in [9.17, 15) is 0 Å². The zero-order valence-corrected chi connectivity index (χ0v) is 11.5. The van der Waals surface area contributed by atoms with Crippen LogP contribution in [0.1, 0.15) is 17.0 Å². The minimum atomic E-state index is 0.414. The summed E-state index contributed by atoms with van der Waals surface area (Å²) in [7, 11) is 3.52. The van der Waals surface area contributed by atoms with Crippen LogP contribution >= 0.6 is 0 Å². The summed E-state index contributed by atoms with van der Waals surface area (Å²) >= 11 is 0. The van der Waals surface area contributed by atoms with Gasteiger partial charge in [-0.3, -0.25) is 4.68 Å². The van der Waals surface area contributed by atoms with Crippen molar-refractivity contribution in [3.8, 4) is 11.5 Å². The average Bonchev–Trinajstić information content (AvgIpc) is 2.74. The molecule has 0 saturated heterocycles. The first kappa shape index (κ1) is 13.4. The van der Waals surface area contributed by atoms with Crippen molar-refractivity contribution in [2.75, 3.05) is 7.11 Å². The van der Waals surface area contributed by atoms with Gasteiger partial charge in [-0.25, -0.2) is 0 Å². The van der Waals surface area contributed by atoms with Crippen LogP contribution in [0.15, 0.2) is 24.3 Å². The van der Waals surface area contributed by atoms with Gasteiger partial charge in [-0.2, -0.15) is 5.10 Å². The molecule has 5 nitrogen and oxygen atoms in total. The number of benzene rings is 1. The van der Waals surface area contributed by atoms with Crippen LogP contribution in [0.4, 0.5) is 0 Å². The quantitative estimate of drug-likeness (QED) is 0.891. The molecular weight excluding hydrogens is 242 g/mol. The Hall–Kier alpha value is -2.01.